The van der Waals surface area contributed by atoms with Gasteiger partial charge in [0.15, 0.2) is 0 Å². The van der Waals surface area contributed by atoms with E-state index in [4.69, 9.17) is 9.47 Å². The number of aryl methyl sites for hydroxylation is 1. The minimum atomic E-state index is -1.09. The maximum atomic E-state index is 13.3. The predicted molar refractivity (Wildman–Crippen MR) is 134 cm³/mol. The Morgan fingerprint density at radius 3 is 2.35 bits per heavy atom. The number of pyridine rings is 1. The van der Waals surface area contributed by atoms with Crippen LogP contribution in [0.4, 0.5) is 0 Å². The third-order valence-electron chi connectivity index (χ3n) is 5.59. The SMILES string of the molecule is CCOC(=O)CC[C@H](NC(=O)[C@H](NC(=O)c1c(C)nn(-c2cc[nH]c(=O)c2)c1C)C(C)C)C(=O)OCC. The summed E-state index contributed by atoms with van der Waals surface area (Å²) < 4.78 is 11.4. The van der Waals surface area contributed by atoms with Gasteiger partial charge in [-0.25, -0.2) is 9.48 Å². The summed E-state index contributed by atoms with van der Waals surface area (Å²) in [5.41, 5.74) is 1.34. The first-order chi connectivity index (χ1) is 17.5. The fraction of sp³-hybridized carbons (Fsp3) is 0.520. The molecule has 202 valence electrons. The van der Waals surface area contributed by atoms with E-state index in [9.17, 15) is 24.0 Å². The van der Waals surface area contributed by atoms with Gasteiger partial charge in [-0.1, -0.05) is 13.8 Å². The molecule has 0 unspecified atom stereocenters. The second kappa shape index (κ2) is 13.4. The van der Waals surface area contributed by atoms with Gasteiger partial charge < -0.3 is 25.1 Å². The molecule has 0 saturated carbocycles. The summed E-state index contributed by atoms with van der Waals surface area (Å²) in [4.78, 5) is 64.9. The van der Waals surface area contributed by atoms with E-state index in [1.807, 2.05) is 0 Å². The standard InChI is InChI=1S/C25H35N5O7/c1-7-36-20(32)10-9-18(25(35)37-8-2)27-24(34)22(14(3)4)28-23(33)21-15(5)29-30(16(21)6)17-11-12-26-19(31)13-17/h11-14,18,22H,7-10H2,1-6H3,(H,26,31)(H,27,34)(H,28,33)/t18-,22+/m0/s1. The molecule has 0 aliphatic rings. The summed E-state index contributed by atoms with van der Waals surface area (Å²) in [5, 5.41) is 9.73. The number of hydrogen-bond donors (Lipinski definition) is 3. The molecule has 0 bridgehead atoms. The zero-order valence-electron chi connectivity index (χ0n) is 22.0. The zero-order valence-corrected chi connectivity index (χ0v) is 22.0. The molecule has 2 aromatic heterocycles. The highest BCUT2D eigenvalue weighted by molar-refractivity contribution is 6.00. The predicted octanol–water partition coefficient (Wildman–Crippen LogP) is 1.32. The summed E-state index contributed by atoms with van der Waals surface area (Å²) in [5.74, 6) is -2.63. The Bertz CT molecular complexity index is 1180. The summed E-state index contributed by atoms with van der Waals surface area (Å²) >= 11 is 0. The number of H-pyrrole nitrogens is 1. The highest BCUT2D eigenvalue weighted by Crippen LogP contribution is 2.18. The zero-order chi connectivity index (χ0) is 27.7. The van der Waals surface area contributed by atoms with Gasteiger partial charge in [-0.05, 0) is 46.1 Å². The average molecular weight is 518 g/mol. The number of hydrogen-bond acceptors (Lipinski definition) is 8. The molecule has 0 fully saturated rings. The molecule has 2 heterocycles. The lowest BCUT2D eigenvalue weighted by atomic mass is 10.0. The van der Waals surface area contributed by atoms with Crippen LogP contribution in [0.25, 0.3) is 5.69 Å². The molecule has 3 N–H and O–H groups in total. The topological polar surface area (TPSA) is 161 Å². The van der Waals surface area contributed by atoms with Gasteiger partial charge in [0.1, 0.15) is 12.1 Å². The molecule has 0 radical (unpaired) electrons. The quantitative estimate of drug-likeness (QED) is 0.355. The third-order valence-corrected chi connectivity index (χ3v) is 5.59. The first-order valence-electron chi connectivity index (χ1n) is 12.2. The molecule has 2 amide bonds. The van der Waals surface area contributed by atoms with E-state index in [-0.39, 0.29) is 43.1 Å². The highest BCUT2D eigenvalue weighted by atomic mass is 16.5. The van der Waals surface area contributed by atoms with E-state index in [0.717, 1.165) is 0 Å². The molecule has 0 aliphatic heterocycles. The van der Waals surface area contributed by atoms with E-state index < -0.39 is 35.8 Å². The average Bonchev–Trinajstić information content (AvgIpc) is 3.13. The van der Waals surface area contributed by atoms with Gasteiger partial charge in [-0.3, -0.25) is 19.2 Å². The fourth-order valence-corrected chi connectivity index (χ4v) is 3.78. The maximum Gasteiger partial charge on any atom is 0.328 e. The van der Waals surface area contributed by atoms with Crippen LogP contribution in [0.15, 0.2) is 23.1 Å². The van der Waals surface area contributed by atoms with Gasteiger partial charge in [0.05, 0.1) is 35.9 Å². The molecule has 0 saturated heterocycles. The van der Waals surface area contributed by atoms with Crippen LogP contribution in [0.2, 0.25) is 0 Å². The fourth-order valence-electron chi connectivity index (χ4n) is 3.78. The molecule has 2 aromatic rings. The number of carbonyl (C=O) groups is 4. The van der Waals surface area contributed by atoms with E-state index in [1.165, 1.54) is 16.9 Å². The number of nitrogens with one attached hydrogen (secondary N) is 3. The molecule has 0 aromatic carbocycles. The van der Waals surface area contributed by atoms with Gasteiger partial charge in [0.2, 0.25) is 11.5 Å². The van der Waals surface area contributed by atoms with Crippen molar-refractivity contribution in [3.05, 3.63) is 45.6 Å². The molecule has 2 rings (SSSR count). The molecule has 12 nitrogen and oxygen atoms in total. The lowest BCUT2D eigenvalue weighted by Gasteiger charge is -2.25. The molecule has 0 aliphatic carbocycles. The van der Waals surface area contributed by atoms with Crippen molar-refractivity contribution < 1.29 is 28.7 Å². The second-order valence-electron chi connectivity index (χ2n) is 8.72. The Hall–Kier alpha value is -3.96. The second-order valence-corrected chi connectivity index (χ2v) is 8.72. The van der Waals surface area contributed by atoms with Crippen molar-refractivity contribution in [2.24, 2.45) is 5.92 Å². The summed E-state index contributed by atoms with van der Waals surface area (Å²) in [6, 6.07) is 0.932. The number of esters is 2. The van der Waals surface area contributed by atoms with Crippen LogP contribution in [0.1, 0.15) is 62.3 Å². The number of amides is 2. The largest absolute Gasteiger partial charge is 0.466 e. The highest BCUT2D eigenvalue weighted by Gasteiger charge is 2.31. The van der Waals surface area contributed by atoms with Crippen molar-refractivity contribution >= 4 is 23.8 Å². The minimum absolute atomic E-state index is 0.0106. The van der Waals surface area contributed by atoms with Gasteiger partial charge in [-0.15, -0.1) is 0 Å². The first-order valence-corrected chi connectivity index (χ1v) is 12.2. The van der Waals surface area contributed by atoms with Crippen LogP contribution in [0, 0.1) is 19.8 Å². The van der Waals surface area contributed by atoms with Crippen molar-refractivity contribution in [1.29, 1.82) is 0 Å². The van der Waals surface area contributed by atoms with Crippen molar-refractivity contribution in [1.82, 2.24) is 25.4 Å². The number of nitrogens with zero attached hydrogens (tertiary/aromatic N) is 2. The molecule has 37 heavy (non-hydrogen) atoms. The Kier molecular flexibility index (Phi) is 10.6. The van der Waals surface area contributed by atoms with Gasteiger partial charge in [0.25, 0.3) is 5.91 Å². The first kappa shape index (κ1) is 29.3. The Morgan fingerprint density at radius 1 is 1.08 bits per heavy atom. The van der Waals surface area contributed by atoms with Gasteiger partial charge in [0, 0.05) is 18.7 Å². The monoisotopic (exact) mass is 517 g/mol. The van der Waals surface area contributed by atoms with Crippen LogP contribution in [0.3, 0.4) is 0 Å². The lowest BCUT2D eigenvalue weighted by molar-refractivity contribution is -0.149. The van der Waals surface area contributed by atoms with Crippen LogP contribution >= 0.6 is 0 Å². The molecular formula is C25H35N5O7. The Balaban J connectivity index is 2.23. The van der Waals surface area contributed by atoms with Gasteiger partial charge >= 0.3 is 11.9 Å². The van der Waals surface area contributed by atoms with Crippen LogP contribution < -0.4 is 16.2 Å². The summed E-state index contributed by atoms with van der Waals surface area (Å²) in [7, 11) is 0. The van der Waals surface area contributed by atoms with Crippen LogP contribution in [-0.2, 0) is 23.9 Å². The van der Waals surface area contributed by atoms with Crippen molar-refractivity contribution in [2.45, 2.75) is 66.5 Å². The Labute approximate surface area is 215 Å². The van der Waals surface area contributed by atoms with Crippen molar-refractivity contribution in [3.63, 3.8) is 0 Å². The normalized spacial score (nSPS) is 12.5. The minimum Gasteiger partial charge on any atom is -0.466 e. The third kappa shape index (κ3) is 7.76. The molecular weight excluding hydrogens is 482 g/mol. The van der Waals surface area contributed by atoms with Crippen LogP contribution in [-0.4, -0.2) is 63.8 Å². The number of ether oxygens (including phenoxy) is 2. The smallest absolute Gasteiger partial charge is 0.328 e. The van der Waals surface area contributed by atoms with E-state index in [0.29, 0.717) is 17.1 Å². The van der Waals surface area contributed by atoms with Crippen molar-refractivity contribution in [3.8, 4) is 5.69 Å². The molecule has 12 heteroatoms. The lowest BCUT2D eigenvalue weighted by Crippen LogP contribution is -2.54. The number of rotatable bonds is 12. The van der Waals surface area contributed by atoms with E-state index in [2.05, 4.69) is 20.7 Å². The molecule has 0 spiro atoms. The number of aromatic amines is 1. The number of aromatic nitrogens is 3. The van der Waals surface area contributed by atoms with Crippen LogP contribution in [0.5, 0.6) is 0 Å². The number of carbonyl (C=O) groups excluding carboxylic acids is 4. The summed E-state index contributed by atoms with van der Waals surface area (Å²) in [6.45, 7) is 10.5. The van der Waals surface area contributed by atoms with Crippen molar-refractivity contribution in [2.75, 3.05) is 13.2 Å². The van der Waals surface area contributed by atoms with Gasteiger partial charge in [-0.2, -0.15) is 5.10 Å². The molecule has 2 atom stereocenters. The van der Waals surface area contributed by atoms with E-state index >= 15 is 0 Å². The maximum absolute atomic E-state index is 13.3. The van der Waals surface area contributed by atoms with E-state index in [1.54, 1.807) is 47.6 Å². The summed E-state index contributed by atoms with van der Waals surface area (Å²) in [6.07, 6.45) is 1.38. The Morgan fingerprint density at radius 2 is 1.76 bits per heavy atom.